The summed E-state index contributed by atoms with van der Waals surface area (Å²) >= 11 is 0. The predicted octanol–water partition coefficient (Wildman–Crippen LogP) is 1.12. The summed E-state index contributed by atoms with van der Waals surface area (Å²) in [5, 5.41) is 0. The highest BCUT2D eigenvalue weighted by Crippen LogP contribution is 2.16. The Hall–Kier alpha value is -0.660. The van der Waals surface area contributed by atoms with E-state index < -0.39 is 10.0 Å². The van der Waals surface area contributed by atoms with Crippen LogP contribution in [0.5, 0.6) is 0 Å². The molecule has 0 saturated carbocycles. The van der Waals surface area contributed by atoms with E-state index in [4.69, 9.17) is 0 Å². The number of methoxy groups -OCH3 is 1. The van der Waals surface area contributed by atoms with E-state index in [0.717, 1.165) is 19.5 Å². The van der Waals surface area contributed by atoms with Crippen LogP contribution in [-0.4, -0.2) is 57.8 Å². The number of rotatable bonds is 9. The van der Waals surface area contributed by atoms with E-state index in [9.17, 15) is 13.2 Å². The normalized spacial score (nSPS) is 20.4. The predicted molar refractivity (Wildman–Crippen MR) is 82.5 cm³/mol. The number of likely N-dealkylation sites (tertiary alicyclic amines) is 1. The van der Waals surface area contributed by atoms with Gasteiger partial charge in [-0.15, -0.1) is 0 Å². The first-order valence-corrected chi connectivity index (χ1v) is 9.38. The van der Waals surface area contributed by atoms with Gasteiger partial charge in [-0.05, 0) is 45.7 Å². The zero-order chi connectivity index (χ0) is 15.7. The van der Waals surface area contributed by atoms with Crippen LogP contribution in [0.1, 0.15) is 45.4 Å². The minimum atomic E-state index is -3.28. The molecule has 1 heterocycles. The van der Waals surface area contributed by atoms with Gasteiger partial charge in [0.2, 0.25) is 10.0 Å². The van der Waals surface area contributed by atoms with Crippen LogP contribution >= 0.6 is 0 Å². The van der Waals surface area contributed by atoms with Gasteiger partial charge >= 0.3 is 5.97 Å². The van der Waals surface area contributed by atoms with Crippen LogP contribution in [0, 0.1) is 0 Å². The Bertz CT molecular complexity index is 411. The minimum Gasteiger partial charge on any atom is -0.469 e. The van der Waals surface area contributed by atoms with Crippen molar-refractivity contribution in [2.45, 2.75) is 51.5 Å². The topological polar surface area (TPSA) is 75.7 Å². The molecule has 1 N–H and O–H groups in total. The number of carbonyl (C=O) groups excluding carboxylic acids is 1. The van der Waals surface area contributed by atoms with E-state index >= 15 is 0 Å². The third-order valence-corrected chi connectivity index (χ3v) is 5.38. The number of esters is 1. The van der Waals surface area contributed by atoms with Gasteiger partial charge in [0.25, 0.3) is 0 Å². The Kier molecular flexibility index (Phi) is 8.21. The highest BCUT2D eigenvalue weighted by molar-refractivity contribution is 7.89. The van der Waals surface area contributed by atoms with Crippen molar-refractivity contribution in [1.29, 1.82) is 0 Å². The fourth-order valence-electron chi connectivity index (χ4n) is 2.58. The molecule has 1 fully saturated rings. The molecule has 1 rings (SSSR count). The monoisotopic (exact) mass is 320 g/mol. The van der Waals surface area contributed by atoms with Gasteiger partial charge in [0, 0.05) is 19.0 Å². The molecule has 6 nitrogen and oxygen atoms in total. The van der Waals surface area contributed by atoms with Crippen LogP contribution in [0.25, 0.3) is 0 Å². The molecule has 7 heteroatoms. The van der Waals surface area contributed by atoms with Gasteiger partial charge in [-0.3, -0.25) is 4.79 Å². The molecule has 21 heavy (non-hydrogen) atoms. The number of nitrogens with zero attached hydrogens (tertiary/aromatic N) is 1. The van der Waals surface area contributed by atoms with Crippen LogP contribution in [0.15, 0.2) is 0 Å². The van der Waals surface area contributed by atoms with Crippen LogP contribution in [-0.2, 0) is 19.6 Å². The van der Waals surface area contributed by atoms with Gasteiger partial charge in [-0.2, -0.15) is 0 Å². The van der Waals surface area contributed by atoms with Gasteiger partial charge < -0.3 is 9.64 Å². The molecule has 0 aromatic heterocycles. The molecule has 0 aromatic carbocycles. The number of carbonyl (C=O) groups is 1. The van der Waals surface area contributed by atoms with E-state index in [1.807, 2.05) is 0 Å². The Balaban J connectivity index is 2.14. The third kappa shape index (κ3) is 7.78. The van der Waals surface area contributed by atoms with Crippen LogP contribution in [0.4, 0.5) is 0 Å². The fourth-order valence-corrected chi connectivity index (χ4v) is 3.70. The lowest BCUT2D eigenvalue weighted by molar-refractivity contribution is -0.140. The van der Waals surface area contributed by atoms with E-state index in [-0.39, 0.29) is 18.1 Å². The van der Waals surface area contributed by atoms with Crippen molar-refractivity contribution in [3.05, 3.63) is 0 Å². The summed E-state index contributed by atoms with van der Waals surface area (Å²) in [6.07, 6.45) is 5.03. The molecule has 124 valence electrons. The Morgan fingerprint density at radius 2 is 2.10 bits per heavy atom. The average molecular weight is 320 g/mol. The lowest BCUT2D eigenvalue weighted by Crippen LogP contribution is -2.39. The smallest absolute Gasteiger partial charge is 0.305 e. The Morgan fingerprint density at radius 1 is 1.33 bits per heavy atom. The minimum absolute atomic E-state index is 0.0256. The highest BCUT2D eigenvalue weighted by atomic mass is 32.2. The molecule has 0 aliphatic carbocycles. The molecular formula is C14H28N2O4S. The van der Waals surface area contributed by atoms with Crippen LogP contribution in [0.3, 0.4) is 0 Å². The number of sulfonamides is 1. The lowest BCUT2D eigenvalue weighted by Gasteiger charge is -2.33. The summed E-state index contributed by atoms with van der Waals surface area (Å²) in [5.74, 6) is -0.397. The maximum Gasteiger partial charge on any atom is 0.305 e. The molecule has 1 unspecified atom stereocenters. The van der Waals surface area contributed by atoms with E-state index in [2.05, 4.69) is 21.3 Å². The molecule has 0 aromatic rings. The average Bonchev–Trinajstić information content (AvgIpc) is 2.45. The van der Waals surface area contributed by atoms with Crippen molar-refractivity contribution >= 4 is 16.0 Å². The fraction of sp³-hybridized carbons (Fsp3) is 0.929. The molecule has 0 radical (unpaired) electrons. The van der Waals surface area contributed by atoms with Crippen molar-refractivity contribution in [3.63, 3.8) is 0 Å². The molecule has 1 atom stereocenters. The summed E-state index contributed by atoms with van der Waals surface area (Å²) in [6.45, 7) is 4.75. The summed E-state index contributed by atoms with van der Waals surface area (Å²) < 4.78 is 30.6. The second kappa shape index (κ2) is 9.38. The van der Waals surface area contributed by atoms with Gasteiger partial charge in [0.05, 0.1) is 12.9 Å². The first-order chi connectivity index (χ1) is 9.94. The number of ether oxygens (including phenoxy) is 1. The van der Waals surface area contributed by atoms with Crippen LogP contribution < -0.4 is 4.72 Å². The zero-order valence-electron chi connectivity index (χ0n) is 13.1. The summed E-state index contributed by atoms with van der Waals surface area (Å²) in [4.78, 5) is 13.3. The Labute approximate surface area is 128 Å². The lowest BCUT2D eigenvalue weighted by atomic mass is 10.0. The first kappa shape index (κ1) is 18.4. The summed E-state index contributed by atoms with van der Waals surface area (Å²) in [5.41, 5.74) is 0. The van der Waals surface area contributed by atoms with Crippen molar-refractivity contribution in [1.82, 2.24) is 9.62 Å². The number of hydrogen-bond acceptors (Lipinski definition) is 5. The van der Waals surface area contributed by atoms with Gasteiger partial charge in [-0.25, -0.2) is 13.1 Å². The molecule has 0 bridgehead atoms. The molecule has 0 spiro atoms. The van der Waals surface area contributed by atoms with Gasteiger partial charge in [-0.1, -0.05) is 6.42 Å². The summed E-state index contributed by atoms with van der Waals surface area (Å²) in [7, 11) is -1.98. The van der Waals surface area contributed by atoms with Crippen LogP contribution in [0.2, 0.25) is 0 Å². The quantitative estimate of drug-likeness (QED) is 0.509. The maximum atomic E-state index is 11.7. The van der Waals surface area contributed by atoms with E-state index in [1.165, 1.54) is 26.4 Å². The second-order valence-electron chi connectivity index (χ2n) is 5.63. The molecule has 1 aliphatic rings. The molecular weight excluding hydrogens is 292 g/mol. The zero-order valence-corrected chi connectivity index (χ0v) is 14.0. The largest absolute Gasteiger partial charge is 0.469 e. The van der Waals surface area contributed by atoms with E-state index in [0.29, 0.717) is 19.0 Å². The van der Waals surface area contributed by atoms with Crippen molar-refractivity contribution in [3.8, 4) is 0 Å². The molecule has 1 saturated heterocycles. The third-order valence-electron chi connectivity index (χ3n) is 3.91. The highest BCUT2D eigenvalue weighted by Gasteiger charge is 2.17. The molecule has 0 amide bonds. The maximum absolute atomic E-state index is 11.7. The van der Waals surface area contributed by atoms with Crippen molar-refractivity contribution < 1.29 is 17.9 Å². The van der Waals surface area contributed by atoms with Crippen molar-refractivity contribution in [2.24, 2.45) is 0 Å². The van der Waals surface area contributed by atoms with Gasteiger partial charge in [0.1, 0.15) is 0 Å². The SMILES string of the molecule is COC(=O)CCCS(=O)(=O)NCCCN1CCCCC1C. The Morgan fingerprint density at radius 3 is 2.76 bits per heavy atom. The van der Waals surface area contributed by atoms with Crippen molar-refractivity contribution in [2.75, 3.05) is 32.5 Å². The summed E-state index contributed by atoms with van der Waals surface area (Å²) in [6, 6.07) is 0.607. The number of nitrogens with one attached hydrogen (secondary N) is 1. The first-order valence-electron chi connectivity index (χ1n) is 7.73. The number of hydrogen-bond donors (Lipinski definition) is 1. The standard InChI is InChI=1S/C14H28N2O4S/c1-13-7-3-4-10-16(13)11-6-9-15-21(18,19)12-5-8-14(17)20-2/h13,15H,3-12H2,1-2H3. The van der Waals surface area contributed by atoms with E-state index in [1.54, 1.807) is 0 Å². The number of piperidine rings is 1. The second-order valence-corrected chi connectivity index (χ2v) is 7.55. The van der Waals surface area contributed by atoms with Gasteiger partial charge in [0.15, 0.2) is 0 Å². The molecule has 1 aliphatic heterocycles.